The van der Waals surface area contributed by atoms with Gasteiger partial charge in [0.1, 0.15) is 0 Å². The normalized spacial score (nSPS) is 24.6. The zero-order valence-electron chi connectivity index (χ0n) is 43.7. The zero-order valence-corrected chi connectivity index (χ0v) is 48.8. The Labute approximate surface area is 425 Å². The summed E-state index contributed by atoms with van der Waals surface area (Å²) in [5.41, 5.74) is 22.8. The first-order valence-corrected chi connectivity index (χ1v) is 35.1. The first kappa shape index (κ1) is 51.2. The third kappa shape index (κ3) is 9.20. The van der Waals surface area contributed by atoms with Crippen molar-refractivity contribution in [3.8, 4) is 22.3 Å². The van der Waals surface area contributed by atoms with E-state index in [4.69, 9.17) is 0 Å². The summed E-state index contributed by atoms with van der Waals surface area (Å²) >= 11 is -3.53. The van der Waals surface area contributed by atoms with Crippen molar-refractivity contribution in [2.24, 2.45) is 11.8 Å². The average molecular weight is 1100 g/mol. The molecule has 10 rings (SSSR count). The summed E-state index contributed by atoms with van der Waals surface area (Å²) in [5, 5.41) is 0. The van der Waals surface area contributed by atoms with Crippen LogP contribution in [0.25, 0.3) is 34.4 Å². The summed E-state index contributed by atoms with van der Waals surface area (Å²) in [6, 6.07) is 30.9. The van der Waals surface area contributed by atoms with E-state index in [0.717, 1.165) is 19.2 Å². The molecule has 6 aliphatic rings. The van der Waals surface area contributed by atoms with E-state index in [-0.39, 0.29) is 46.5 Å². The molecule has 67 heavy (non-hydrogen) atoms. The van der Waals surface area contributed by atoms with E-state index in [1.807, 2.05) is 11.1 Å². The Bertz CT molecular complexity index is 2290. The van der Waals surface area contributed by atoms with E-state index in [9.17, 15) is 0 Å². The van der Waals surface area contributed by atoms with Gasteiger partial charge in [-0.1, -0.05) is 0 Å². The molecule has 3 saturated carbocycles. The number of hydrogen-bond donors (Lipinski definition) is 0. The third-order valence-electron chi connectivity index (χ3n) is 18.2. The molecule has 5 aliphatic carbocycles. The Morgan fingerprint density at radius 2 is 0.701 bits per heavy atom. The summed E-state index contributed by atoms with van der Waals surface area (Å²) in [6.45, 7) is 28.9. The van der Waals surface area contributed by atoms with Crippen molar-refractivity contribution in [2.75, 3.05) is 0 Å². The number of fused-ring (bicyclic) bond motifs is 3. The Kier molecular flexibility index (Phi) is 14.3. The maximum absolute atomic E-state index is 3.53. The third-order valence-corrected chi connectivity index (χ3v) is 42.9. The molecule has 0 N–H and O–H groups in total. The van der Waals surface area contributed by atoms with Crippen molar-refractivity contribution in [3.63, 3.8) is 0 Å². The van der Waals surface area contributed by atoms with Crippen LogP contribution in [-0.2, 0) is 41.6 Å². The van der Waals surface area contributed by atoms with Crippen molar-refractivity contribution >= 4 is 12.2 Å². The SMILES string of the molecule is CC(C)(C)c1cc(-c2cccc3c2C=C(C2CCCCC2)[CH]3[Hf+2]2([CH]3C(C4CCCCC4)=Cc4c(-c5cc(C(C)(C)C)cc(C(C)(C)C)c5)cccc43)[CH]3CCCC[CH]32)cc(C(C)(C)C)c1.[Cl-].[Cl-]. The minimum absolute atomic E-state index is 0. The quantitative estimate of drug-likeness (QED) is 0.169. The molecule has 0 bridgehead atoms. The topological polar surface area (TPSA) is 0 Å². The van der Waals surface area contributed by atoms with E-state index >= 15 is 0 Å². The molecule has 1 aliphatic heterocycles. The van der Waals surface area contributed by atoms with Crippen molar-refractivity contribution in [3.05, 3.63) is 128 Å². The van der Waals surface area contributed by atoms with Crippen LogP contribution < -0.4 is 24.8 Å². The molecule has 3 heteroatoms. The van der Waals surface area contributed by atoms with Gasteiger partial charge in [-0.2, -0.15) is 0 Å². The molecule has 0 radical (unpaired) electrons. The predicted octanol–water partition coefficient (Wildman–Crippen LogP) is 13.3. The van der Waals surface area contributed by atoms with Gasteiger partial charge in [0.05, 0.1) is 0 Å². The molecule has 1 heterocycles. The molecule has 4 unspecified atom stereocenters. The summed E-state index contributed by atoms with van der Waals surface area (Å²) in [4.78, 5) is 0. The average Bonchev–Trinajstić information content (AvgIpc) is 3.52. The molecular formula is C64H84Cl2Hf. The number of hydrogen-bond acceptors (Lipinski definition) is 0. The second-order valence-electron chi connectivity index (χ2n) is 26.5. The summed E-state index contributed by atoms with van der Waals surface area (Å²) < 4.78 is 3.40. The van der Waals surface area contributed by atoms with Crippen molar-refractivity contribution < 1.29 is 44.8 Å². The molecule has 4 fully saturated rings. The van der Waals surface area contributed by atoms with E-state index in [1.165, 1.54) is 134 Å². The number of halogens is 2. The van der Waals surface area contributed by atoms with Gasteiger partial charge in [0.2, 0.25) is 0 Å². The first-order chi connectivity index (χ1) is 30.8. The van der Waals surface area contributed by atoms with Crippen LogP contribution in [0.1, 0.15) is 225 Å². The monoisotopic (exact) mass is 1100 g/mol. The van der Waals surface area contributed by atoms with E-state index in [0.29, 0.717) is 7.35 Å². The molecule has 0 nitrogen and oxygen atoms in total. The molecule has 4 aromatic rings. The van der Waals surface area contributed by atoms with Crippen molar-refractivity contribution in [2.45, 2.75) is 209 Å². The van der Waals surface area contributed by atoms with E-state index in [1.54, 1.807) is 22.3 Å². The Morgan fingerprint density at radius 1 is 0.388 bits per heavy atom. The molecule has 1 saturated heterocycles. The van der Waals surface area contributed by atoms with Gasteiger partial charge in [0.15, 0.2) is 0 Å². The van der Waals surface area contributed by atoms with Crippen LogP contribution in [0, 0.1) is 11.8 Å². The van der Waals surface area contributed by atoms with Crippen molar-refractivity contribution in [1.29, 1.82) is 0 Å². The molecule has 0 aromatic heterocycles. The summed E-state index contributed by atoms with van der Waals surface area (Å²) in [7, 11) is 0. The minimum Gasteiger partial charge on any atom is -1.00 e. The van der Waals surface area contributed by atoms with Gasteiger partial charge in [-0.25, -0.2) is 0 Å². The van der Waals surface area contributed by atoms with Gasteiger partial charge in [0.25, 0.3) is 0 Å². The van der Waals surface area contributed by atoms with Crippen LogP contribution in [0.4, 0.5) is 0 Å². The number of benzene rings is 4. The zero-order chi connectivity index (χ0) is 45.8. The fourth-order valence-electron chi connectivity index (χ4n) is 14.6. The van der Waals surface area contributed by atoms with Gasteiger partial charge in [-0.3, -0.25) is 0 Å². The van der Waals surface area contributed by atoms with E-state index < -0.39 is 20.0 Å². The van der Waals surface area contributed by atoms with Crippen LogP contribution in [0.5, 0.6) is 0 Å². The second-order valence-corrected chi connectivity index (χ2v) is 43.2. The van der Waals surface area contributed by atoms with Crippen LogP contribution in [-0.4, -0.2) is 0 Å². The fourth-order valence-corrected chi connectivity index (χ4v) is 50.2. The fraction of sp³-hybridized carbons (Fsp3) is 0.562. The van der Waals surface area contributed by atoms with Gasteiger partial charge in [0, 0.05) is 0 Å². The van der Waals surface area contributed by atoms with E-state index in [2.05, 4.69) is 168 Å². The van der Waals surface area contributed by atoms with Gasteiger partial charge in [-0.05, 0) is 0 Å². The molecule has 0 amide bonds. The van der Waals surface area contributed by atoms with Crippen LogP contribution >= 0.6 is 0 Å². The first-order valence-electron chi connectivity index (χ1n) is 26.8. The van der Waals surface area contributed by atoms with Gasteiger partial charge in [-0.15, -0.1) is 0 Å². The van der Waals surface area contributed by atoms with Crippen LogP contribution in [0.15, 0.2) is 83.9 Å². The van der Waals surface area contributed by atoms with Gasteiger partial charge < -0.3 is 24.8 Å². The molecule has 0 spiro atoms. The maximum Gasteiger partial charge on any atom is -1.00 e. The smallest absolute Gasteiger partial charge is 1.00 e. The Morgan fingerprint density at radius 3 is 1.01 bits per heavy atom. The molecule has 358 valence electrons. The molecular weight excluding hydrogens is 1020 g/mol. The Hall–Kier alpha value is -2.19. The molecule has 4 atom stereocenters. The van der Waals surface area contributed by atoms with Gasteiger partial charge >= 0.3 is 404 Å². The predicted molar refractivity (Wildman–Crippen MR) is 279 cm³/mol. The summed E-state index contributed by atoms with van der Waals surface area (Å²) in [6.07, 6.45) is 25.8. The number of rotatable bonds is 6. The van der Waals surface area contributed by atoms with Crippen LogP contribution in [0.2, 0.25) is 7.35 Å². The van der Waals surface area contributed by atoms with Crippen LogP contribution in [0.3, 0.4) is 0 Å². The second kappa shape index (κ2) is 18.8. The molecule has 4 aromatic carbocycles. The standard InChI is InChI=1S/2C29H37.C6H10.2ClH.Hf/c2*1-28(2,3)24-16-23(17-25(19-24)29(4,5)6)26-14-10-13-21-15-22(18-27(21)26)20-11-8-7-9-12-20;1-2-4-6-5-3-1;;;/h2*10,13-20H,7-9,11-12H2,1-6H3;1-2H,3-6H2;2*1H;/q;;;;;+2/p-2. The maximum atomic E-state index is 2.90. The Balaban J connectivity index is 0.00000304. The summed E-state index contributed by atoms with van der Waals surface area (Å²) in [5.74, 6) is 1.48. The minimum atomic E-state index is -3.53. The number of allylic oxidation sites excluding steroid dienone is 2. The largest absolute Gasteiger partial charge is 1.00 e. The van der Waals surface area contributed by atoms with Crippen molar-refractivity contribution in [1.82, 2.24) is 0 Å².